The summed E-state index contributed by atoms with van der Waals surface area (Å²) in [5.74, 6) is 0.900. The molecular weight excluding hydrogens is 476 g/mol. The van der Waals surface area contributed by atoms with Gasteiger partial charge in [-0.3, -0.25) is 9.59 Å². The quantitative estimate of drug-likeness (QED) is 0.399. The first-order valence-corrected chi connectivity index (χ1v) is 13.2. The van der Waals surface area contributed by atoms with E-state index in [2.05, 4.69) is 23.6 Å². The normalized spacial score (nSPS) is 16.0. The van der Waals surface area contributed by atoms with Crippen molar-refractivity contribution in [3.8, 4) is 11.5 Å². The summed E-state index contributed by atoms with van der Waals surface area (Å²) in [7, 11) is 0. The number of hydrogen-bond donors (Lipinski definition) is 0. The molecule has 3 heterocycles. The number of rotatable bonds is 9. The second-order valence-corrected chi connectivity index (χ2v) is 9.80. The van der Waals surface area contributed by atoms with Crippen molar-refractivity contribution in [1.82, 2.24) is 9.80 Å². The molecule has 2 amide bonds. The van der Waals surface area contributed by atoms with Crippen molar-refractivity contribution in [3.05, 3.63) is 81.5 Å². The third-order valence-electron chi connectivity index (χ3n) is 6.56. The Morgan fingerprint density at radius 1 is 1.11 bits per heavy atom. The van der Waals surface area contributed by atoms with Gasteiger partial charge >= 0.3 is 0 Å². The van der Waals surface area contributed by atoms with Crippen LogP contribution in [0.2, 0.25) is 0 Å². The number of carbonyl (C=O) groups excluding carboxylic acids is 2. The van der Waals surface area contributed by atoms with Crippen LogP contribution in [0.15, 0.2) is 60.0 Å². The predicted molar refractivity (Wildman–Crippen MR) is 138 cm³/mol. The van der Waals surface area contributed by atoms with E-state index in [1.54, 1.807) is 34.4 Å². The Bertz CT molecular complexity index is 1210. The van der Waals surface area contributed by atoms with Gasteiger partial charge in [-0.15, -0.1) is 11.3 Å². The van der Waals surface area contributed by atoms with Crippen LogP contribution in [0.5, 0.6) is 11.5 Å². The highest BCUT2D eigenvalue weighted by molar-refractivity contribution is 7.10. The molecule has 1 atom stereocenters. The van der Waals surface area contributed by atoms with Crippen LogP contribution in [0, 0.1) is 0 Å². The molecule has 188 valence electrons. The van der Waals surface area contributed by atoms with Gasteiger partial charge in [0.05, 0.1) is 6.04 Å². The summed E-state index contributed by atoms with van der Waals surface area (Å²) < 4.78 is 16.3. The van der Waals surface area contributed by atoms with Gasteiger partial charge in [0, 0.05) is 36.7 Å². The highest BCUT2D eigenvalue weighted by Crippen LogP contribution is 2.38. The SMILES string of the molecule is CCOCCCN(CC(=O)N1CCc2sccc2C1c1ccccc1)C(=O)c1ccc2c(c1)OCO2. The van der Waals surface area contributed by atoms with Gasteiger partial charge in [-0.2, -0.15) is 0 Å². The molecule has 2 aliphatic rings. The number of carbonyl (C=O) groups is 2. The fourth-order valence-electron chi connectivity index (χ4n) is 4.80. The summed E-state index contributed by atoms with van der Waals surface area (Å²) in [4.78, 5) is 32.2. The molecule has 2 aliphatic heterocycles. The minimum Gasteiger partial charge on any atom is -0.454 e. The van der Waals surface area contributed by atoms with E-state index in [4.69, 9.17) is 14.2 Å². The average molecular weight is 507 g/mol. The fraction of sp³-hybridized carbons (Fsp3) is 0.357. The Hall–Kier alpha value is -3.36. The molecule has 8 heteroatoms. The smallest absolute Gasteiger partial charge is 0.254 e. The molecule has 1 aromatic heterocycles. The number of hydrogen-bond acceptors (Lipinski definition) is 6. The number of ether oxygens (including phenoxy) is 3. The molecule has 36 heavy (non-hydrogen) atoms. The van der Waals surface area contributed by atoms with E-state index < -0.39 is 0 Å². The maximum Gasteiger partial charge on any atom is 0.254 e. The molecule has 3 aromatic rings. The predicted octanol–water partition coefficient (Wildman–Crippen LogP) is 4.52. The molecule has 0 fully saturated rings. The van der Waals surface area contributed by atoms with Gasteiger partial charge in [0.1, 0.15) is 6.54 Å². The largest absolute Gasteiger partial charge is 0.454 e. The topological polar surface area (TPSA) is 68.3 Å². The highest BCUT2D eigenvalue weighted by atomic mass is 32.1. The van der Waals surface area contributed by atoms with Gasteiger partial charge in [0.25, 0.3) is 5.91 Å². The fourth-order valence-corrected chi connectivity index (χ4v) is 5.70. The molecule has 0 radical (unpaired) electrons. The van der Waals surface area contributed by atoms with Crippen LogP contribution in [0.25, 0.3) is 0 Å². The number of thiophene rings is 1. The molecule has 7 nitrogen and oxygen atoms in total. The van der Waals surface area contributed by atoms with Crippen LogP contribution in [0.1, 0.15) is 45.7 Å². The van der Waals surface area contributed by atoms with Crippen molar-refractivity contribution in [2.75, 3.05) is 39.6 Å². The Kier molecular flexibility index (Phi) is 7.53. The van der Waals surface area contributed by atoms with Crippen molar-refractivity contribution >= 4 is 23.2 Å². The average Bonchev–Trinajstić information content (AvgIpc) is 3.59. The lowest BCUT2D eigenvalue weighted by atomic mass is 9.93. The zero-order valence-corrected chi connectivity index (χ0v) is 21.2. The second kappa shape index (κ2) is 11.1. The summed E-state index contributed by atoms with van der Waals surface area (Å²) in [5.41, 5.74) is 2.73. The molecule has 0 spiro atoms. The third kappa shape index (κ3) is 5.10. The molecule has 2 aromatic carbocycles. The van der Waals surface area contributed by atoms with E-state index in [0.717, 1.165) is 12.0 Å². The summed E-state index contributed by atoms with van der Waals surface area (Å²) in [5, 5.41) is 2.10. The number of amides is 2. The van der Waals surface area contributed by atoms with E-state index in [-0.39, 0.29) is 31.2 Å². The molecule has 0 saturated carbocycles. The lowest BCUT2D eigenvalue weighted by Gasteiger charge is -2.37. The number of fused-ring (bicyclic) bond motifs is 2. The first-order valence-electron chi connectivity index (χ1n) is 12.3. The molecule has 0 aliphatic carbocycles. The highest BCUT2D eigenvalue weighted by Gasteiger charge is 2.34. The van der Waals surface area contributed by atoms with Crippen LogP contribution in [-0.2, 0) is 16.0 Å². The van der Waals surface area contributed by atoms with Gasteiger partial charge in [-0.05, 0) is 60.5 Å². The lowest BCUT2D eigenvalue weighted by Crippen LogP contribution is -2.47. The van der Waals surface area contributed by atoms with Crippen LogP contribution in [0.4, 0.5) is 0 Å². The van der Waals surface area contributed by atoms with Gasteiger partial charge in [0.2, 0.25) is 12.7 Å². The summed E-state index contributed by atoms with van der Waals surface area (Å²) in [6, 6.07) is 17.2. The zero-order valence-electron chi connectivity index (χ0n) is 20.4. The first-order chi connectivity index (χ1) is 17.7. The van der Waals surface area contributed by atoms with Crippen molar-refractivity contribution in [2.24, 2.45) is 0 Å². The van der Waals surface area contributed by atoms with Crippen molar-refractivity contribution in [2.45, 2.75) is 25.8 Å². The molecule has 5 rings (SSSR count). The summed E-state index contributed by atoms with van der Waals surface area (Å²) in [6.45, 7) is 4.28. The van der Waals surface area contributed by atoms with Gasteiger partial charge in [0.15, 0.2) is 11.5 Å². The summed E-state index contributed by atoms with van der Waals surface area (Å²) >= 11 is 1.74. The van der Waals surface area contributed by atoms with Crippen LogP contribution >= 0.6 is 11.3 Å². The van der Waals surface area contributed by atoms with Crippen LogP contribution < -0.4 is 9.47 Å². The van der Waals surface area contributed by atoms with Gasteiger partial charge in [-0.1, -0.05) is 30.3 Å². The maximum absolute atomic E-state index is 13.8. The monoisotopic (exact) mass is 506 g/mol. The lowest BCUT2D eigenvalue weighted by molar-refractivity contribution is -0.134. The van der Waals surface area contributed by atoms with E-state index in [0.29, 0.717) is 49.8 Å². The maximum atomic E-state index is 13.8. The Labute approximate surface area is 215 Å². The minimum absolute atomic E-state index is 0.00219. The third-order valence-corrected chi connectivity index (χ3v) is 7.55. The molecule has 0 saturated heterocycles. The molecule has 0 bridgehead atoms. The molecule has 0 N–H and O–H groups in total. The minimum atomic E-state index is -0.206. The van der Waals surface area contributed by atoms with Crippen LogP contribution in [0.3, 0.4) is 0 Å². The zero-order chi connectivity index (χ0) is 24.9. The van der Waals surface area contributed by atoms with Crippen molar-refractivity contribution < 1.29 is 23.8 Å². The van der Waals surface area contributed by atoms with Crippen molar-refractivity contribution in [3.63, 3.8) is 0 Å². The van der Waals surface area contributed by atoms with Crippen LogP contribution in [-0.4, -0.2) is 61.3 Å². The Morgan fingerprint density at radius 3 is 2.78 bits per heavy atom. The van der Waals surface area contributed by atoms with Gasteiger partial charge < -0.3 is 24.0 Å². The Balaban J connectivity index is 1.38. The molecule has 1 unspecified atom stereocenters. The van der Waals surface area contributed by atoms with E-state index in [1.807, 2.05) is 30.0 Å². The second-order valence-electron chi connectivity index (χ2n) is 8.79. The summed E-state index contributed by atoms with van der Waals surface area (Å²) in [6.07, 6.45) is 1.47. The van der Waals surface area contributed by atoms with Gasteiger partial charge in [-0.25, -0.2) is 0 Å². The first kappa shape index (κ1) is 24.3. The molecular formula is C28H30N2O5S. The Morgan fingerprint density at radius 2 is 1.94 bits per heavy atom. The standard InChI is InChI=1S/C28H30N2O5S/c1-2-33-15-6-13-29(28(32)21-9-10-23-24(17-21)35-19-34-23)18-26(31)30-14-11-25-22(12-16-36-25)27(30)20-7-4-3-5-8-20/h3-5,7-10,12,16-17,27H,2,6,11,13-15,18-19H2,1H3. The van der Waals surface area contributed by atoms with Crippen molar-refractivity contribution in [1.29, 1.82) is 0 Å². The van der Waals surface area contributed by atoms with E-state index in [9.17, 15) is 9.59 Å². The number of benzene rings is 2. The van der Waals surface area contributed by atoms with E-state index >= 15 is 0 Å². The van der Waals surface area contributed by atoms with E-state index in [1.165, 1.54) is 10.4 Å². The number of nitrogens with zero attached hydrogens (tertiary/aromatic N) is 2.